The first kappa shape index (κ1) is 19.8. The Hall–Kier alpha value is -2.47. The SMILES string of the molecule is CCC1[C@@H](C)C[C@@]2(O)C(=O)O[C@H](C)[C@H]2[C@H]1/C=C/c1ccc(-n2cnc(C)c2)cn1. The summed E-state index contributed by atoms with van der Waals surface area (Å²) in [7, 11) is 0. The molecule has 0 aromatic carbocycles. The second kappa shape index (κ2) is 7.41. The number of aryl methyl sites for hydroxylation is 1. The Morgan fingerprint density at radius 1 is 1.34 bits per heavy atom. The number of allylic oxidation sites excluding steroid dienone is 1. The number of pyridine rings is 1. The Morgan fingerprint density at radius 2 is 2.14 bits per heavy atom. The average molecular weight is 396 g/mol. The van der Waals surface area contributed by atoms with Crippen LogP contribution in [0, 0.1) is 30.6 Å². The Morgan fingerprint density at radius 3 is 2.76 bits per heavy atom. The average Bonchev–Trinajstić information content (AvgIpc) is 3.21. The van der Waals surface area contributed by atoms with Crippen LogP contribution in [0.1, 0.15) is 45.0 Å². The number of cyclic esters (lactones) is 1. The fourth-order valence-corrected chi connectivity index (χ4v) is 5.37. The molecule has 1 saturated heterocycles. The van der Waals surface area contributed by atoms with Crippen molar-refractivity contribution >= 4 is 12.0 Å². The van der Waals surface area contributed by atoms with Crippen molar-refractivity contribution in [2.45, 2.75) is 52.2 Å². The molecule has 1 N–H and O–H groups in total. The Bertz CT molecular complexity index is 920. The Kier molecular flexibility index (Phi) is 5.07. The fraction of sp³-hybridized carbons (Fsp3) is 0.522. The number of ether oxygens (including phenoxy) is 1. The molecule has 2 aromatic heterocycles. The summed E-state index contributed by atoms with van der Waals surface area (Å²) in [5.74, 6) is 0.0108. The highest BCUT2D eigenvalue weighted by Gasteiger charge is 2.62. The Labute approximate surface area is 171 Å². The zero-order valence-electron chi connectivity index (χ0n) is 17.4. The van der Waals surface area contributed by atoms with E-state index in [1.807, 2.05) is 49.0 Å². The third-order valence-corrected chi connectivity index (χ3v) is 6.72. The van der Waals surface area contributed by atoms with Gasteiger partial charge in [-0.1, -0.05) is 26.3 Å². The van der Waals surface area contributed by atoms with E-state index in [1.54, 1.807) is 6.33 Å². The van der Waals surface area contributed by atoms with E-state index in [4.69, 9.17) is 4.74 Å². The molecule has 29 heavy (non-hydrogen) atoms. The monoisotopic (exact) mass is 395 g/mol. The summed E-state index contributed by atoms with van der Waals surface area (Å²) >= 11 is 0. The fourth-order valence-electron chi connectivity index (χ4n) is 5.37. The quantitative estimate of drug-likeness (QED) is 0.801. The third-order valence-electron chi connectivity index (χ3n) is 6.72. The molecule has 0 radical (unpaired) electrons. The van der Waals surface area contributed by atoms with E-state index in [0.717, 1.165) is 23.5 Å². The van der Waals surface area contributed by atoms with E-state index in [-0.39, 0.29) is 23.9 Å². The summed E-state index contributed by atoms with van der Waals surface area (Å²) in [6.07, 6.45) is 10.9. The first-order chi connectivity index (χ1) is 13.8. The van der Waals surface area contributed by atoms with Gasteiger partial charge in [-0.25, -0.2) is 9.78 Å². The van der Waals surface area contributed by atoms with Gasteiger partial charge in [-0.15, -0.1) is 0 Å². The summed E-state index contributed by atoms with van der Waals surface area (Å²) in [6, 6.07) is 3.98. The Balaban J connectivity index is 1.60. The minimum Gasteiger partial charge on any atom is -0.460 e. The predicted octanol–water partition coefficient (Wildman–Crippen LogP) is 3.56. The van der Waals surface area contributed by atoms with E-state index >= 15 is 0 Å². The van der Waals surface area contributed by atoms with E-state index in [2.05, 4.69) is 29.9 Å². The van der Waals surface area contributed by atoms with Gasteiger partial charge in [0, 0.05) is 12.1 Å². The number of esters is 1. The zero-order valence-corrected chi connectivity index (χ0v) is 17.4. The molecule has 1 aliphatic heterocycles. The highest BCUT2D eigenvalue weighted by atomic mass is 16.6. The van der Waals surface area contributed by atoms with Crippen LogP contribution in [0.4, 0.5) is 0 Å². The molecule has 0 bridgehead atoms. The van der Waals surface area contributed by atoms with Crippen molar-refractivity contribution in [1.29, 1.82) is 0 Å². The van der Waals surface area contributed by atoms with Gasteiger partial charge in [0.25, 0.3) is 0 Å². The van der Waals surface area contributed by atoms with Crippen molar-refractivity contribution < 1.29 is 14.6 Å². The third kappa shape index (κ3) is 3.39. The largest absolute Gasteiger partial charge is 0.460 e. The molecule has 1 saturated carbocycles. The van der Waals surface area contributed by atoms with Crippen LogP contribution in [0.25, 0.3) is 11.8 Å². The van der Waals surface area contributed by atoms with Crippen LogP contribution in [-0.4, -0.2) is 37.3 Å². The lowest BCUT2D eigenvalue weighted by molar-refractivity contribution is -0.160. The topological polar surface area (TPSA) is 77.2 Å². The van der Waals surface area contributed by atoms with Gasteiger partial charge in [-0.2, -0.15) is 0 Å². The molecule has 4 rings (SSSR count). The van der Waals surface area contributed by atoms with Crippen LogP contribution >= 0.6 is 0 Å². The van der Waals surface area contributed by atoms with Gasteiger partial charge in [-0.3, -0.25) is 4.98 Å². The molecule has 0 amide bonds. The van der Waals surface area contributed by atoms with Crippen molar-refractivity contribution in [3.63, 3.8) is 0 Å². The van der Waals surface area contributed by atoms with Crippen LogP contribution in [0.2, 0.25) is 0 Å². The molecule has 1 aliphatic carbocycles. The lowest BCUT2D eigenvalue weighted by atomic mass is 9.59. The normalized spacial score (nSPS) is 34.4. The number of nitrogens with zero attached hydrogens (tertiary/aromatic N) is 3. The van der Waals surface area contributed by atoms with Gasteiger partial charge >= 0.3 is 5.97 Å². The molecule has 2 aromatic rings. The van der Waals surface area contributed by atoms with Gasteiger partial charge in [0.15, 0.2) is 5.60 Å². The van der Waals surface area contributed by atoms with E-state index < -0.39 is 11.6 Å². The van der Waals surface area contributed by atoms with Gasteiger partial charge in [-0.05, 0) is 56.2 Å². The van der Waals surface area contributed by atoms with Gasteiger partial charge in [0.1, 0.15) is 6.10 Å². The van der Waals surface area contributed by atoms with Crippen molar-refractivity contribution in [1.82, 2.24) is 14.5 Å². The van der Waals surface area contributed by atoms with Crippen molar-refractivity contribution in [3.8, 4) is 5.69 Å². The summed E-state index contributed by atoms with van der Waals surface area (Å²) in [6.45, 7) is 8.15. The van der Waals surface area contributed by atoms with Crippen LogP contribution in [0.5, 0.6) is 0 Å². The number of aromatic nitrogens is 3. The minimum atomic E-state index is -1.38. The number of imidazole rings is 1. The molecule has 1 unspecified atom stereocenters. The van der Waals surface area contributed by atoms with Crippen molar-refractivity contribution in [3.05, 3.63) is 48.3 Å². The molecule has 6 nitrogen and oxygen atoms in total. The number of fused-ring (bicyclic) bond motifs is 1. The van der Waals surface area contributed by atoms with E-state index in [9.17, 15) is 9.90 Å². The standard InChI is InChI=1S/C23H29N3O3/c1-5-19-14(2)10-23(28)21(16(4)29-22(23)27)20(19)9-7-17-6-8-18(11-24-17)26-12-15(3)25-13-26/h6-9,11-14,16,19-21,28H,5,10H2,1-4H3/b9-7+/t14-,16+,19?,20-,21-,23-/m0/s1. The van der Waals surface area contributed by atoms with Crippen LogP contribution in [0.15, 0.2) is 36.9 Å². The smallest absolute Gasteiger partial charge is 0.338 e. The molecule has 6 atom stereocenters. The minimum absolute atomic E-state index is 0.0629. The summed E-state index contributed by atoms with van der Waals surface area (Å²) in [5, 5.41) is 11.1. The lowest BCUT2D eigenvalue weighted by Crippen LogP contribution is -2.53. The van der Waals surface area contributed by atoms with Gasteiger partial charge in [0.05, 0.1) is 29.6 Å². The highest BCUT2D eigenvalue weighted by Crippen LogP contribution is 2.52. The maximum absolute atomic E-state index is 12.4. The molecule has 154 valence electrons. The molecule has 2 aliphatic rings. The van der Waals surface area contributed by atoms with Gasteiger partial charge in [0.2, 0.25) is 0 Å². The van der Waals surface area contributed by atoms with Crippen molar-refractivity contribution in [2.24, 2.45) is 23.7 Å². The van der Waals surface area contributed by atoms with E-state index in [0.29, 0.717) is 12.3 Å². The molecule has 3 heterocycles. The number of aliphatic hydroxyl groups is 1. The van der Waals surface area contributed by atoms with E-state index in [1.165, 1.54) is 0 Å². The number of hydrogen-bond donors (Lipinski definition) is 1. The predicted molar refractivity (Wildman–Crippen MR) is 110 cm³/mol. The van der Waals surface area contributed by atoms with Crippen LogP contribution < -0.4 is 0 Å². The molecule has 2 fully saturated rings. The maximum Gasteiger partial charge on any atom is 0.338 e. The number of rotatable bonds is 4. The zero-order chi connectivity index (χ0) is 20.8. The van der Waals surface area contributed by atoms with Crippen LogP contribution in [-0.2, 0) is 9.53 Å². The maximum atomic E-state index is 12.4. The highest BCUT2D eigenvalue weighted by molar-refractivity contribution is 5.82. The van der Waals surface area contributed by atoms with Gasteiger partial charge < -0.3 is 14.4 Å². The summed E-state index contributed by atoms with van der Waals surface area (Å²) in [4.78, 5) is 21.2. The second-order valence-corrected chi connectivity index (χ2v) is 8.61. The lowest BCUT2D eigenvalue weighted by Gasteiger charge is -2.45. The molecule has 6 heteroatoms. The molecular weight excluding hydrogens is 366 g/mol. The number of carbonyl (C=O) groups excluding carboxylic acids is 1. The van der Waals surface area contributed by atoms with Crippen molar-refractivity contribution in [2.75, 3.05) is 0 Å². The number of carbonyl (C=O) groups is 1. The van der Waals surface area contributed by atoms with Crippen LogP contribution in [0.3, 0.4) is 0 Å². The number of hydrogen-bond acceptors (Lipinski definition) is 5. The first-order valence-electron chi connectivity index (χ1n) is 10.4. The molecular formula is C23H29N3O3. The second-order valence-electron chi connectivity index (χ2n) is 8.61. The molecule has 0 spiro atoms. The first-order valence-corrected chi connectivity index (χ1v) is 10.4. The summed E-state index contributed by atoms with van der Waals surface area (Å²) in [5.41, 5.74) is 1.38. The summed E-state index contributed by atoms with van der Waals surface area (Å²) < 4.78 is 7.39.